The SMILES string of the molecule is CCC(C)(Oc1ccc(OCC=C(C)c2ccc3c(c2)Cc2ccccc2-3)cc1)C(=O)O. The minimum atomic E-state index is -1.24. The molecule has 1 aliphatic rings. The van der Waals surface area contributed by atoms with Crippen LogP contribution in [0.3, 0.4) is 0 Å². The van der Waals surface area contributed by atoms with Crippen molar-refractivity contribution in [3.05, 3.63) is 89.5 Å². The van der Waals surface area contributed by atoms with Crippen molar-refractivity contribution in [2.24, 2.45) is 0 Å². The first-order chi connectivity index (χ1) is 15.4. The highest BCUT2D eigenvalue weighted by atomic mass is 16.5. The van der Waals surface area contributed by atoms with E-state index in [2.05, 4.69) is 55.5 Å². The first kappa shape index (κ1) is 21.7. The molecule has 0 bridgehead atoms. The molecule has 1 aliphatic carbocycles. The lowest BCUT2D eigenvalue weighted by Crippen LogP contribution is -2.40. The second-order valence-electron chi connectivity index (χ2n) is 8.37. The Morgan fingerprint density at radius 1 is 1.00 bits per heavy atom. The van der Waals surface area contributed by atoms with Crippen molar-refractivity contribution in [1.82, 2.24) is 0 Å². The smallest absolute Gasteiger partial charge is 0.347 e. The molecule has 0 fully saturated rings. The minimum absolute atomic E-state index is 0.374. The van der Waals surface area contributed by atoms with Crippen molar-refractivity contribution in [2.45, 2.75) is 39.2 Å². The number of allylic oxidation sites excluding steroid dienone is 1. The van der Waals surface area contributed by atoms with E-state index in [4.69, 9.17) is 9.47 Å². The summed E-state index contributed by atoms with van der Waals surface area (Å²) in [5.41, 5.74) is 6.57. The number of carboxylic acid groups (broad SMARTS) is 1. The van der Waals surface area contributed by atoms with Crippen LogP contribution in [0.15, 0.2) is 72.8 Å². The lowest BCUT2D eigenvalue weighted by atomic mass is 10.00. The van der Waals surface area contributed by atoms with Gasteiger partial charge in [-0.05, 0) is 90.4 Å². The Bertz CT molecular complexity index is 1160. The molecule has 4 heteroatoms. The Hall–Kier alpha value is -3.53. The van der Waals surface area contributed by atoms with Crippen LogP contribution in [-0.4, -0.2) is 23.3 Å². The van der Waals surface area contributed by atoms with Gasteiger partial charge in [-0.15, -0.1) is 0 Å². The normalized spacial score (nSPS) is 14.3. The highest BCUT2D eigenvalue weighted by Crippen LogP contribution is 2.37. The summed E-state index contributed by atoms with van der Waals surface area (Å²) in [6, 6.07) is 22.3. The van der Waals surface area contributed by atoms with Crippen LogP contribution >= 0.6 is 0 Å². The van der Waals surface area contributed by atoms with Crippen LogP contribution in [0.25, 0.3) is 16.7 Å². The largest absolute Gasteiger partial charge is 0.490 e. The molecule has 0 saturated heterocycles. The van der Waals surface area contributed by atoms with E-state index in [-0.39, 0.29) is 0 Å². The maximum atomic E-state index is 11.4. The van der Waals surface area contributed by atoms with E-state index in [0.29, 0.717) is 24.5 Å². The number of benzene rings is 3. The van der Waals surface area contributed by atoms with E-state index in [9.17, 15) is 9.90 Å². The zero-order valence-corrected chi connectivity index (χ0v) is 18.7. The van der Waals surface area contributed by atoms with E-state index in [1.807, 2.05) is 0 Å². The molecular weight excluding hydrogens is 400 g/mol. The Balaban J connectivity index is 1.37. The van der Waals surface area contributed by atoms with Gasteiger partial charge in [-0.3, -0.25) is 0 Å². The highest BCUT2D eigenvalue weighted by molar-refractivity contribution is 5.79. The predicted molar refractivity (Wildman–Crippen MR) is 127 cm³/mol. The molecule has 32 heavy (non-hydrogen) atoms. The maximum absolute atomic E-state index is 11.4. The number of carbonyl (C=O) groups is 1. The molecule has 3 aromatic rings. The third-order valence-electron chi connectivity index (χ3n) is 6.18. The summed E-state index contributed by atoms with van der Waals surface area (Å²) in [6.45, 7) is 5.91. The van der Waals surface area contributed by atoms with Crippen LogP contribution in [0.4, 0.5) is 0 Å². The molecule has 0 aromatic heterocycles. The van der Waals surface area contributed by atoms with E-state index >= 15 is 0 Å². The number of hydrogen-bond acceptors (Lipinski definition) is 3. The monoisotopic (exact) mass is 428 g/mol. The zero-order valence-electron chi connectivity index (χ0n) is 18.7. The van der Waals surface area contributed by atoms with Gasteiger partial charge in [0, 0.05) is 0 Å². The summed E-state index contributed by atoms with van der Waals surface area (Å²) < 4.78 is 11.5. The minimum Gasteiger partial charge on any atom is -0.490 e. The molecule has 4 rings (SSSR count). The van der Waals surface area contributed by atoms with Gasteiger partial charge < -0.3 is 14.6 Å². The standard InChI is InChI=1S/C28H28O4/c1-4-28(3,27(29)30)32-24-12-10-23(11-13-24)31-16-15-19(2)20-9-14-26-22(17-20)18-21-7-5-6-8-25(21)26/h5-15,17H,4,16,18H2,1-3H3,(H,29,30). The molecule has 1 atom stereocenters. The number of aliphatic carboxylic acids is 1. The van der Waals surface area contributed by atoms with Gasteiger partial charge in [-0.25, -0.2) is 4.79 Å². The Morgan fingerprint density at radius 3 is 2.41 bits per heavy atom. The van der Waals surface area contributed by atoms with Crippen molar-refractivity contribution in [2.75, 3.05) is 6.61 Å². The average Bonchev–Trinajstić information content (AvgIpc) is 3.17. The van der Waals surface area contributed by atoms with Crippen LogP contribution in [-0.2, 0) is 11.2 Å². The van der Waals surface area contributed by atoms with Crippen LogP contribution in [0.5, 0.6) is 11.5 Å². The third kappa shape index (κ3) is 4.40. The number of carboxylic acids is 1. The fraction of sp³-hybridized carbons (Fsp3) is 0.250. The fourth-order valence-electron chi connectivity index (χ4n) is 3.90. The maximum Gasteiger partial charge on any atom is 0.347 e. The molecule has 0 radical (unpaired) electrons. The van der Waals surface area contributed by atoms with Crippen LogP contribution in [0, 0.1) is 0 Å². The first-order valence-corrected chi connectivity index (χ1v) is 10.9. The van der Waals surface area contributed by atoms with E-state index in [1.54, 1.807) is 38.1 Å². The Kier molecular flexibility index (Phi) is 6.04. The lowest BCUT2D eigenvalue weighted by molar-refractivity contribution is -0.154. The summed E-state index contributed by atoms with van der Waals surface area (Å²) in [5.74, 6) is 0.241. The van der Waals surface area contributed by atoms with Gasteiger partial charge in [0.25, 0.3) is 0 Å². The number of fused-ring (bicyclic) bond motifs is 3. The fourth-order valence-corrected chi connectivity index (χ4v) is 3.90. The summed E-state index contributed by atoms with van der Waals surface area (Å²) in [4.78, 5) is 11.4. The van der Waals surface area contributed by atoms with Gasteiger partial charge >= 0.3 is 5.97 Å². The van der Waals surface area contributed by atoms with Crippen LogP contribution in [0.1, 0.15) is 43.9 Å². The molecule has 164 valence electrons. The predicted octanol–water partition coefficient (Wildman–Crippen LogP) is 6.37. The van der Waals surface area contributed by atoms with Crippen molar-refractivity contribution >= 4 is 11.5 Å². The lowest BCUT2D eigenvalue weighted by Gasteiger charge is -2.24. The van der Waals surface area contributed by atoms with Gasteiger partial charge in [-0.1, -0.05) is 49.4 Å². The topological polar surface area (TPSA) is 55.8 Å². The van der Waals surface area contributed by atoms with E-state index in [1.165, 1.54) is 33.4 Å². The highest BCUT2D eigenvalue weighted by Gasteiger charge is 2.33. The zero-order chi connectivity index (χ0) is 22.7. The molecule has 0 amide bonds. The number of ether oxygens (including phenoxy) is 2. The van der Waals surface area contributed by atoms with Gasteiger partial charge in [-0.2, -0.15) is 0 Å². The van der Waals surface area contributed by atoms with Crippen molar-refractivity contribution < 1.29 is 19.4 Å². The third-order valence-corrected chi connectivity index (χ3v) is 6.18. The van der Waals surface area contributed by atoms with E-state index in [0.717, 1.165) is 6.42 Å². The van der Waals surface area contributed by atoms with Crippen molar-refractivity contribution in [1.29, 1.82) is 0 Å². The summed E-state index contributed by atoms with van der Waals surface area (Å²) in [5, 5.41) is 9.35. The molecule has 0 aliphatic heterocycles. The van der Waals surface area contributed by atoms with Crippen molar-refractivity contribution in [3.63, 3.8) is 0 Å². The van der Waals surface area contributed by atoms with Crippen LogP contribution in [0.2, 0.25) is 0 Å². The Labute approximate surface area is 189 Å². The van der Waals surface area contributed by atoms with Crippen LogP contribution < -0.4 is 9.47 Å². The average molecular weight is 429 g/mol. The molecular formula is C28H28O4. The molecule has 3 aromatic carbocycles. The second kappa shape index (κ2) is 8.91. The summed E-state index contributed by atoms with van der Waals surface area (Å²) >= 11 is 0. The van der Waals surface area contributed by atoms with Crippen molar-refractivity contribution in [3.8, 4) is 22.6 Å². The second-order valence-corrected chi connectivity index (χ2v) is 8.37. The number of rotatable bonds is 8. The Morgan fingerprint density at radius 2 is 1.69 bits per heavy atom. The van der Waals surface area contributed by atoms with Gasteiger partial charge in [0.1, 0.15) is 18.1 Å². The van der Waals surface area contributed by atoms with Gasteiger partial charge in [0.2, 0.25) is 5.60 Å². The molecule has 1 unspecified atom stereocenters. The van der Waals surface area contributed by atoms with Gasteiger partial charge in [0.15, 0.2) is 0 Å². The van der Waals surface area contributed by atoms with E-state index < -0.39 is 11.6 Å². The first-order valence-electron chi connectivity index (χ1n) is 10.9. The molecule has 0 heterocycles. The quantitative estimate of drug-likeness (QED) is 0.354. The summed E-state index contributed by atoms with van der Waals surface area (Å²) in [7, 11) is 0. The molecule has 0 saturated carbocycles. The van der Waals surface area contributed by atoms with Gasteiger partial charge in [0.05, 0.1) is 0 Å². The molecule has 0 spiro atoms. The number of hydrogen-bond donors (Lipinski definition) is 1. The molecule has 1 N–H and O–H groups in total. The summed E-state index contributed by atoms with van der Waals surface area (Å²) in [6.07, 6.45) is 3.43. The molecule has 4 nitrogen and oxygen atoms in total.